The lowest BCUT2D eigenvalue weighted by Crippen LogP contribution is -2.04. The molecule has 0 saturated carbocycles. The Morgan fingerprint density at radius 2 is 2.09 bits per heavy atom. The number of carboxylic acids is 1. The SMILES string of the molecule is COCc1cc(-c2ccc(F)cc2)n2ncc(C(=O)O)c2n1. The minimum atomic E-state index is -1.11. The zero-order chi connectivity index (χ0) is 15.7. The van der Waals surface area contributed by atoms with E-state index >= 15 is 0 Å². The van der Waals surface area contributed by atoms with Gasteiger partial charge < -0.3 is 9.84 Å². The van der Waals surface area contributed by atoms with Crippen molar-refractivity contribution in [2.24, 2.45) is 0 Å². The molecule has 0 fully saturated rings. The maximum absolute atomic E-state index is 13.1. The average molecular weight is 301 g/mol. The third kappa shape index (κ3) is 2.42. The summed E-state index contributed by atoms with van der Waals surface area (Å²) in [5.41, 5.74) is 2.11. The molecule has 2 aromatic heterocycles. The summed E-state index contributed by atoms with van der Waals surface area (Å²) in [4.78, 5) is 15.5. The van der Waals surface area contributed by atoms with Crippen molar-refractivity contribution in [1.82, 2.24) is 14.6 Å². The predicted molar refractivity (Wildman–Crippen MR) is 76.1 cm³/mol. The molecule has 0 bridgehead atoms. The van der Waals surface area contributed by atoms with Gasteiger partial charge in [-0.15, -0.1) is 0 Å². The van der Waals surface area contributed by atoms with Crippen LogP contribution in [0.1, 0.15) is 16.1 Å². The highest BCUT2D eigenvalue weighted by atomic mass is 19.1. The summed E-state index contributed by atoms with van der Waals surface area (Å²) in [6.07, 6.45) is 1.24. The Kier molecular flexibility index (Phi) is 3.56. The second-order valence-corrected chi connectivity index (χ2v) is 4.67. The van der Waals surface area contributed by atoms with E-state index in [2.05, 4.69) is 10.1 Å². The third-order valence-corrected chi connectivity index (χ3v) is 3.19. The molecule has 7 heteroatoms. The van der Waals surface area contributed by atoms with Crippen molar-refractivity contribution in [2.45, 2.75) is 6.61 Å². The molecule has 0 aliphatic carbocycles. The van der Waals surface area contributed by atoms with E-state index in [-0.39, 0.29) is 23.6 Å². The maximum atomic E-state index is 13.1. The van der Waals surface area contributed by atoms with Gasteiger partial charge in [-0.25, -0.2) is 18.7 Å². The number of ether oxygens (including phenoxy) is 1. The number of rotatable bonds is 4. The fraction of sp³-hybridized carbons (Fsp3) is 0.133. The van der Waals surface area contributed by atoms with Gasteiger partial charge in [0.2, 0.25) is 0 Å². The van der Waals surface area contributed by atoms with Crippen molar-refractivity contribution >= 4 is 11.6 Å². The van der Waals surface area contributed by atoms with Crippen LogP contribution in [0.5, 0.6) is 0 Å². The highest BCUT2D eigenvalue weighted by Crippen LogP contribution is 2.23. The van der Waals surface area contributed by atoms with E-state index in [0.29, 0.717) is 17.0 Å². The summed E-state index contributed by atoms with van der Waals surface area (Å²) in [6.45, 7) is 0.231. The minimum absolute atomic E-state index is 0.00122. The summed E-state index contributed by atoms with van der Waals surface area (Å²) in [6, 6.07) is 7.60. The van der Waals surface area contributed by atoms with Crippen LogP contribution in [-0.4, -0.2) is 32.8 Å². The first-order valence-electron chi connectivity index (χ1n) is 6.46. The second kappa shape index (κ2) is 5.53. The average Bonchev–Trinajstić information content (AvgIpc) is 2.91. The Labute approximate surface area is 124 Å². The standard InChI is InChI=1S/C15H12FN3O3/c1-22-8-11-6-13(9-2-4-10(16)5-3-9)19-14(18-11)12(7-17-19)15(20)21/h2-7H,8H2,1H3,(H,20,21). The van der Waals surface area contributed by atoms with Gasteiger partial charge in [-0.1, -0.05) is 0 Å². The number of methoxy groups -OCH3 is 1. The molecule has 0 atom stereocenters. The third-order valence-electron chi connectivity index (χ3n) is 3.19. The van der Waals surface area contributed by atoms with Crippen LogP contribution >= 0.6 is 0 Å². The van der Waals surface area contributed by atoms with Crippen LogP contribution in [0.3, 0.4) is 0 Å². The van der Waals surface area contributed by atoms with Crippen LogP contribution in [0.25, 0.3) is 16.9 Å². The lowest BCUT2D eigenvalue weighted by molar-refractivity contribution is 0.0698. The van der Waals surface area contributed by atoms with Crippen LogP contribution in [0.15, 0.2) is 36.5 Å². The molecule has 0 amide bonds. The molecule has 3 rings (SSSR count). The molecular weight excluding hydrogens is 289 g/mol. The zero-order valence-electron chi connectivity index (χ0n) is 11.7. The lowest BCUT2D eigenvalue weighted by Gasteiger charge is -2.08. The predicted octanol–water partition coefficient (Wildman–Crippen LogP) is 2.38. The van der Waals surface area contributed by atoms with Crippen LogP contribution < -0.4 is 0 Å². The molecule has 112 valence electrons. The normalized spacial score (nSPS) is 11.0. The highest BCUT2D eigenvalue weighted by molar-refractivity contribution is 5.94. The molecule has 1 aromatic carbocycles. The van der Waals surface area contributed by atoms with Crippen LogP contribution in [0.2, 0.25) is 0 Å². The van der Waals surface area contributed by atoms with Crippen molar-refractivity contribution in [2.75, 3.05) is 7.11 Å². The van der Waals surface area contributed by atoms with Crippen LogP contribution in [0, 0.1) is 5.82 Å². The van der Waals surface area contributed by atoms with Crippen molar-refractivity contribution in [3.05, 3.63) is 53.6 Å². The summed E-state index contributed by atoms with van der Waals surface area (Å²) >= 11 is 0. The Morgan fingerprint density at radius 1 is 1.36 bits per heavy atom. The molecule has 0 unspecified atom stereocenters. The number of hydrogen-bond donors (Lipinski definition) is 1. The monoisotopic (exact) mass is 301 g/mol. The Hall–Kier alpha value is -2.80. The molecule has 0 aliphatic rings. The van der Waals surface area contributed by atoms with Crippen LogP contribution in [-0.2, 0) is 11.3 Å². The maximum Gasteiger partial charge on any atom is 0.341 e. The summed E-state index contributed by atoms with van der Waals surface area (Å²) in [5, 5.41) is 13.3. The van der Waals surface area contributed by atoms with E-state index in [4.69, 9.17) is 4.74 Å². The zero-order valence-corrected chi connectivity index (χ0v) is 11.7. The van der Waals surface area contributed by atoms with Crippen molar-refractivity contribution in [1.29, 1.82) is 0 Å². The van der Waals surface area contributed by atoms with Crippen molar-refractivity contribution in [3.63, 3.8) is 0 Å². The van der Waals surface area contributed by atoms with Gasteiger partial charge in [-0.05, 0) is 30.3 Å². The number of carbonyl (C=O) groups is 1. The first-order valence-corrected chi connectivity index (χ1v) is 6.46. The van der Waals surface area contributed by atoms with Gasteiger partial charge in [-0.2, -0.15) is 5.10 Å². The number of halogens is 1. The Bertz CT molecular complexity index is 843. The molecule has 22 heavy (non-hydrogen) atoms. The number of aromatic nitrogens is 3. The Balaban J connectivity index is 2.27. The van der Waals surface area contributed by atoms with Gasteiger partial charge in [0.05, 0.1) is 24.2 Å². The fourth-order valence-electron chi connectivity index (χ4n) is 2.21. The number of hydrogen-bond acceptors (Lipinski definition) is 4. The van der Waals surface area contributed by atoms with Crippen molar-refractivity contribution < 1.29 is 19.0 Å². The smallest absolute Gasteiger partial charge is 0.341 e. The molecule has 0 saturated heterocycles. The molecule has 6 nitrogen and oxygen atoms in total. The number of benzene rings is 1. The van der Waals surface area contributed by atoms with Crippen LogP contribution in [0.4, 0.5) is 4.39 Å². The molecule has 0 aliphatic heterocycles. The van der Waals surface area contributed by atoms with Gasteiger partial charge >= 0.3 is 5.97 Å². The van der Waals surface area contributed by atoms with E-state index in [1.54, 1.807) is 18.2 Å². The minimum Gasteiger partial charge on any atom is -0.477 e. The van der Waals surface area contributed by atoms with E-state index in [1.807, 2.05) is 0 Å². The molecular formula is C15H12FN3O3. The molecule has 1 N–H and O–H groups in total. The Morgan fingerprint density at radius 3 is 2.73 bits per heavy atom. The number of aromatic carboxylic acids is 1. The molecule has 0 radical (unpaired) electrons. The van der Waals surface area contributed by atoms with Crippen molar-refractivity contribution in [3.8, 4) is 11.3 Å². The first kappa shape index (κ1) is 14.2. The second-order valence-electron chi connectivity index (χ2n) is 4.67. The fourth-order valence-corrected chi connectivity index (χ4v) is 2.21. The molecule has 0 spiro atoms. The van der Waals surface area contributed by atoms with E-state index in [9.17, 15) is 14.3 Å². The van der Waals surface area contributed by atoms with Gasteiger partial charge in [0.1, 0.15) is 11.4 Å². The first-order chi connectivity index (χ1) is 10.6. The topological polar surface area (TPSA) is 76.7 Å². The summed E-state index contributed by atoms with van der Waals surface area (Å²) in [5.74, 6) is -1.46. The number of fused-ring (bicyclic) bond motifs is 1. The highest BCUT2D eigenvalue weighted by Gasteiger charge is 2.17. The number of carboxylic acid groups (broad SMARTS) is 1. The quantitative estimate of drug-likeness (QED) is 0.800. The largest absolute Gasteiger partial charge is 0.477 e. The molecule has 3 aromatic rings. The van der Waals surface area contributed by atoms with Gasteiger partial charge in [0.25, 0.3) is 0 Å². The van der Waals surface area contributed by atoms with Gasteiger partial charge in [-0.3, -0.25) is 0 Å². The molecule has 2 heterocycles. The van der Waals surface area contributed by atoms with Gasteiger partial charge in [0.15, 0.2) is 5.65 Å². The lowest BCUT2D eigenvalue weighted by atomic mass is 10.1. The van der Waals surface area contributed by atoms with Gasteiger partial charge in [0, 0.05) is 12.7 Å². The van der Waals surface area contributed by atoms with E-state index < -0.39 is 5.97 Å². The number of nitrogens with zero attached hydrogens (tertiary/aromatic N) is 3. The van der Waals surface area contributed by atoms with E-state index in [1.165, 1.54) is 30.0 Å². The summed E-state index contributed by atoms with van der Waals surface area (Å²) in [7, 11) is 1.53. The van der Waals surface area contributed by atoms with E-state index in [0.717, 1.165) is 0 Å². The summed E-state index contributed by atoms with van der Waals surface area (Å²) < 4.78 is 19.6.